The maximum atomic E-state index is 12.5. The van der Waals surface area contributed by atoms with Gasteiger partial charge in [0.2, 0.25) is 5.89 Å². The molecule has 1 heterocycles. The lowest BCUT2D eigenvalue weighted by atomic mass is 9.96. The Morgan fingerprint density at radius 3 is 2.77 bits per heavy atom. The highest BCUT2D eigenvalue weighted by Crippen LogP contribution is 2.21. The van der Waals surface area contributed by atoms with Crippen molar-refractivity contribution in [3.63, 3.8) is 0 Å². The van der Waals surface area contributed by atoms with Crippen LogP contribution in [0.2, 0.25) is 0 Å². The number of rotatable bonds is 4. The van der Waals surface area contributed by atoms with E-state index in [2.05, 4.69) is 10.1 Å². The zero-order valence-corrected chi connectivity index (χ0v) is 7.88. The summed E-state index contributed by atoms with van der Waals surface area (Å²) in [7, 11) is 0. The molecule has 0 aliphatic rings. The van der Waals surface area contributed by atoms with E-state index >= 15 is 0 Å². The minimum absolute atomic E-state index is 0.332. The van der Waals surface area contributed by atoms with Crippen LogP contribution in [0.15, 0.2) is 4.52 Å². The van der Waals surface area contributed by atoms with Gasteiger partial charge < -0.3 is 10.3 Å². The molecule has 0 atom stereocenters. The molecule has 0 bridgehead atoms. The van der Waals surface area contributed by atoms with Crippen LogP contribution in [0.5, 0.6) is 0 Å². The Labute approximate surface area is 76.3 Å². The van der Waals surface area contributed by atoms with Crippen LogP contribution in [-0.4, -0.2) is 23.4 Å². The molecule has 0 amide bonds. The fourth-order valence-electron chi connectivity index (χ4n) is 0.817. The van der Waals surface area contributed by atoms with Crippen molar-refractivity contribution in [2.45, 2.75) is 25.7 Å². The van der Waals surface area contributed by atoms with Gasteiger partial charge in [0.05, 0.1) is 5.41 Å². The van der Waals surface area contributed by atoms with Gasteiger partial charge in [-0.05, 0) is 20.4 Å². The van der Waals surface area contributed by atoms with Crippen LogP contribution in [0.3, 0.4) is 0 Å². The number of hydrogen-bond acceptors (Lipinski definition) is 4. The molecule has 0 saturated heterocycles. The first-order valence-corrected chi connectivity index (χ1v) is 4.19. The molecule has 0 aliphatic carbocycles. The molecule has 13 heavy (non-hydrogen) atoms. The lowest BCUT2D eigenvalue weighted by molar-refractivity contribution is 0.258. The van der Waals surface area contributed by atoms with Crippen molar-refractivity contribution < 1.29 is 8.91 Å². The summed E-state index contributed by atoms with van der Waals surface area (Å²) < 4.78 is 17.4. The summed E-state index contributed by atoms with van der Waals surface area (Å²) in [5, 5.41) is 3.69. The van der Waals surface area contributed by atoms with E-state index in [0.717, 1.165) is 0 Å². The normalized spacial score (nSPS) is 12.0. The van der Waals surface area contributed by atoms with Crippen molar-refractivity contribution >= 4 is 0 Å². The van der Waals surface area contributed by atoms with E-state index in [1.54, 1.807) is 13.8 Å². The zero-order valence-electron chi connectivity index (χ0n) is 7.88. The fraction of sp³-hybridized carbons (Fsp3) is 0.750. The van der Waals surface area contributed by atoms with Crippen LogP contribution in [0.1, 0.15) is 25.6 Å². The van der Waals surface area contributed by atoms with Crippen molar-refractivity contribution in [3.05, 3.63) is 11.7 Å². The Balaban J connectivity index is 2.79. The standard InChI is InChI=1S/C8H14FN3O/c1-8(2,5-9)7-11-6(3-4-10)12-13-7/h3-5,10H2,1-2H3. The van der Waals surface area contributed by atoms with Crippen molar-refractivity contribution in [2.24, 2.45) is 5.73 Å². The minimum Gasteiger partial charge on any atom is -0.339 e. The molecular formula is C8H14FN3O. The largest absolute Gasteiger partial charge is 0.339 e. The average Bonchev–Trinajstić information content (AvgIpc) is 2.54. The molecule has 0 aromatic carbocycles. The first kappa shape index (κ1) is 10.1. The molecule has 0 radical (unpaired) electrons. The van der Waals surface area contributed by atoms with E-state index in [-0.39, 0.29) is 0 Å². The van der Waals surface area contributed by atoms with Gasteiger partial charge in [-0.1, -0.05) is 5.16 Å². The van der Waals surface area contributed by atoms with E-state index in [4.69, 9.17) is 10.3 Å². The highest BCUT2D eigenvalue weighted by molar-refractivity contribution is 5.00. The number of nitrogens with zero attached hydrogens (tertiary/aromatic N) is 2. The van der Waals surface area contributed by atoms with E-state index in [9.17, 15) is 4.39 Å². The summed E-state index contributed by atoms with van der Waals surface area (Å²) in [6.45, 7) is 3.38. The number of halogens is 1. The van der Waals surface area contributed by atoms with E-state index in [0.29, 0.717) is 24.7 Å². The molecule has 0 unspecified atom stereocenters. The molecule has 1 aromatic heterocycles. The SMILES string of the molecule is CC(C)(CF)c1nc(CCN)no1. The first-order chi connectivity index (χ1) is 6.10. The van der Waals surface area contributed by atoms with E-state index < -0.39 is 12.1 Å². The monoisotopic (exact) mass is 187 g/mol. The predicted octanol–water partition coefficient (Wildman–Crippen LogP) is 0.818. The lowest BCUT2D eigenvalue weighted by Gasteiger charge is -2.13. The Morgan fingerprint density at radius 1 is 1.54 bits per heavy atom. The van der Waals surface area contributed by atoms with Crippen LogP contribution in [-0.2, 0) is 11.8 Å². The third kappa shape index (κ3) is 2.24. The van der Waals surface area contributed by atoms with Crippen molar-refractivity contribution in [1.82, 2.24) is 10.1 Å². The summed E-state index contributed by atoms with van der Waals surface area (Å²) in [6, 6.07) is 0. The van der Waals surface area contributed by atoms with Gasteiger partial charge in [0.25, 0.3) is 0 Å². The van der Waals surface area contributed by atoms with Crippen LogP contribution >= 0.6 is 0 Å². The van der Waals surface area contributed by atoms with Crippen molar-refractivity contribution in [3.8, 4) is 0 Å². The maximum absolute atomic E-state index is 12.5. The van der Waals surface area contributed by atoms with Gasteiger partial charge in [0.1, 0.15) is 6.67 Å². The van der Waals surface area contributed by atoms with Gasteiger partial charge in [-0.2, -0.15) is 4.98 Å². The quantitative estimate of drug-likeness (QED) is 0.757. The van der Waals surface area contributed by atoms with Crippen molar-refractivity contribution in [1.29, 1.82) is 0 Å². The lowest BCUT2D eigenvalue weighted by Crippen LogP contribution is -2.20. The molecule has 1 rings (SSSR count). The number of nitrogens with two attached hydrogens (primary N) is 1. The van der Waals surface area contributed by atoms with E-state index in [1.807, 2.05) is 0 Å². The second-order valence-corrected chi connectivity index (χ2v) is 3.57. The third-order valence-corrected chi connectivity index (χ3v) is 1.75. The van der Waals surface area contributed by atoms with Gasteiger partial charge in [-0.3, -0.25) is 0 Å². The fourth-order valence-corrected chi connectivity index (χ4v) is 0.817. The summed E-state index contributed by atoms with van der Waals surface area (Å²) in [6.07, 6.45) is 0.561. The summed E-state index contributed by atoms with van der Waals surface area (Å²) in [4.78, 5) is 4.04. The highest BCUT2D eigenvalue weighted by atomic mass is 19.1. The van der Waals surface area contributed by atoms with Crippen molar-refractivity contribution in [2.75, 3.05) is 13.2 Å². The zero-order chi connectivity index (χ0) is 9.90. The molecule has 0 saturated carbocycles. The minimum atomic E-state index is -0.695. The number of hydrogen-bond donors (Lipinski definition) is 1. The predicted molar refractivity (Wildman–Crippen MR) is 46.1 cm³/mol. The molecule has 1 aromatic rings. The smallest absolute Gasteiger partial charge is 0.234 e. The molecule has 0 aliphatic heterocycles. The number of alkyl halides is 1. The summed E-state index contributed by atoms with van der Waals surface area (Å²) >= 11 is 0. The third-order valence-electron chi connectivity index (χ3n) is 1.75. The molecule has 4 nitrogen and oxygen atoms in total. The van der Waals surface area contributed by atoms with Crippen LogP contribution < -0.4 is 5.73 Å². The Kier molecular flexibility index (Phi) is 2.98. The second-order valence-electron chi connectivity index (χ2n) is 3.57. The Morgan fingerprint density at radius 2 is 2.23 bits per heavy atom. The van der Waals surface area contributed by atoms with Crippen LogP contribution in [0, 0.1) is 0 Å². The molecule has 0 fully saturated rings. The summed E-state index contributed by atoms with van der Waals surface area (Å²) in [5.74, 6) is 0.873. The molecule has 2 N–H and O–H groups in total. The topological polar surface area (TPSA) is 64.9 Å². The molecule has 74 valence electrons. The van der Waals surface area contributed by atoms with Gasteiger partial charge in [0.15, 0.2) is 5.82 Å². The van der Waals surface area contributed by atoms with E-state index in [1.165, 1.54) is 0 Å². The van der Waals surface area contributed by atoms with Gasteiger partial charge in [-0.15, -0.1) is 0 Å². The maximum Gasteiger partial charge on any atom is 0.234 e. The molecule has 0 spiro atoms. The second kappa shape index (κ2) is 3.83. The average molecular weight is 187 g/mol. The molecular weight excluding hydrogens is 173 g/mol. The molecule has 5 heteroatoms. The van der Waals surface area contributed by atoms with Gasteiger partial charge in [0, 0.05) is 6.42 Å². The first-order valence-electron chi connectivity index (χ1n) is 4.19. The Hall–Kier alpha value is -0.970. The Bertz CT molecular complexity index is 272. The summed E-state index contributed by atoms with van der Waals surface area (Å²) in [5.41, 5.74) is 4.62. The van der Waals surface area contributed by atoms with Crippen LogP contribution in [0.25, 0.3) is 0 Å². The number of aromatic nitrogens is 2. The van der Waals surface area contributed by atoms with Gasteiger partial charge in [-0.25, -0.2) is 4.39 Å². The van der Waals surface area contributed by atoms with Crippen LogP contribution in [0.4, 0.5) is 4.39 Å². The highest BCUT2D eigenvalue weighted by Gasteiger charge is 2.27. The van der Waals surface area contributed by atoms with Gasteiger partial charge >= 0.3 is 0 Å².